The molecule has 0 unspecified atom stereocenters. The molecule has 0 aliphatic heterocycles. The minimum absolute atomic E-state index is 0.164. The Bertz CT molecular complexity index is 1320. The molecule has 1 saturated carbocycles. The van der Waals surface area contributed by atoms with Crippen molar-refractivity contribution in [1.82, 2.24) is 20.3 Å². The molecule has 0 saturated heterocycles. The summed E-state index contributed by atoms with van der Waals surface area (Å²) in [6, 6.07) is 6.42. The summed E-state index contributed by atoms with van der Waals surface area (Å²) in [5.74, 6) is 1.30. The summed E-state index contributed by atoms with van der Waals surface area (Å²) in [6.07, 6.45) is 9.84. The van der Waals surface area contributed by atoms with Crippen LogP contribution in [0.3, 0.4) is 0 Å². The number of benzene rings is 1. The molecule has 0 atom stereocenters. The van der Waals surface area contributed by atoms with Gasteiger partial charge in [0.05, 0.1) is 11.9 Å². The first kappa shape index (κ1) is 27.6. The van der Waals surface area contributed by atoms with E-state index in [0.717, 1.165) is 59.1 Å². The number of nitrogens with zero attached hydrogens (tertiary/aromatic N) is 3. The Labute approximate surface area is 226 Å². The average molecular weight is 516 g/mol. The molecule has 0 radical (unpaired) electrons. The van der Waals surface area contributed by atoms with Crippen LogP contribution in [0.4, 0.5) is 5.69 Å². The van der Waals surface area contributed by atoms with Gasteiger partial charge < -0.3 is 15.2 Å². The number of aromatic nitrogens is 3. The molecule has 2 aromatic heterocycles. The molecular formula is C31H41N5O2. The van der Waals surface area contributed by atoms with Crippen molar-refractivity contribution in [2.75, 3.05) is 11.4 Å². The fourth-order valence-corrected chi connectivity index (χ4v) is 5.90. The molecule has 1 aromatic carbocycles. The Morgan fingerprint density at radius 1 is 1.11 bits per heavy atom. The van der Waals surface area contributed by atoms with Gasteiger partial charge in [0.2, 0.25) is 0 Å². The molecule has 1 aliphatic rings. The van der Waals surface area contributed by atoms with Crippen molar-refractivity contribution in [2.24, 2.45) is 11.8 Å². The molecule has 0 spiro atoms. The number of carbonyl (C=O) groups excluding carboxylic acids is 1. The van der Waals surface area contributed by atoms with Crippen molar-refractivity contribution in [1.29, 1.82) is 0 Å². The van der Waals surface area contributed by atoms with Gasteiger partial charge in [-0.2, -0.15) is 0 Å². The van der Waals surface area contributed by atoms with Crippen molar-refractivity contribution >= 4 is 11.6 Å². The molecule has 1 aliphatic carbocycles. The summed E-state index contributed by atoms with van der Waals surface area (Å²) in [7, 11) is 0. The van der Waals surface area contributed by atoms with Crippen molar-refractivity contribution in [2.45, 2.75) is 79.8 Å². The predicted molar refractivity (Wildman–Crippen MR) is 154 cm³/mol. The lowest BCUT2D eigenvalue weighted by molar-refractivity contribution is 0.0950. The molecule has 1 fully saturated rings. The lowest BCUT2D eigenvalue weighted by Crippen LogP contribution is -2.39. The minimum Gasteiger partial charge on any atom is -0.369 e. The highest BCUT2D eigenvalue weighted by Crippen LogP contribution is 2.37. The van der Waals surface area contributed by atoms with Crippen LogP contribution in [0.25, 0.3) is 11.3 Å². The maximum Gasteiger partial charge on any atom is 0.253 e. The van der Waals surface area contributed by atoms with E-state index in [-0.39, 0.29) is 18.0 Å². The van der Waals surface area contributed by atoms with Crippen LogP contribution in [0.15, 0.2) is 41.6 Å². The first-order chi connectivity index (χ1) is 18.2. The fourth-order valence-electron chi connectivity index (χ4n) is 5.90. The summed E-state index contributed by atoms with van der Waals surface area (Å²) in [5, 5.41) is 3.00. The number of carbonyl (C=O) groups is 1. The second kappa shape index (κ2) is 11.9. The number of aryl methyl sites for hydroxylation is 2. The minimum atomic E-state index is -0.201. The van der Waals surface area contributed by atoms with Crippen LogP contribution in [0, 0.1) is 32.6 Å². The number of nitrogens with one attached hydrogen (secondary N) is 2. The van der Waals surface area contributed by atoms with Crippen LogP contribution in [-0.2, 0) is 6.54 Å². The zero-order chi connectivity index (χ0) is 27.4. The van der Waals surface area contributed by atoms with Gasteiger partial charge in [0, 0.05) is 59.6 Å². The quantitative estimate of drug-likeness (QED) is 0.400. The molecule has 2 N–H and O–H groups in total. The van der Waals surface area contributed by atoms with Gasteiger partial charge in [0.25, 0.3) is 11.5 Å². The van der Waals surface area contributed by atoms with Crippen molar-refractivity contribution in [3.05, 3.63) is 75.1 Å². The number of pyridine rings is 1. The van der Waals surface area contributed by atoms with E-state index in [0.29, 0.717) is 23.1 Å². The number of H-pyrrole nitrogens is 1. The van der Waals surface area contributed by atoms with E-state index in [1.54, 1.807) is 18.6 Å². The number of hydrogen-bond donors (Lipinski definition) is 2. The SMILES string of the molecule is CCN(c1cc(-c2cnccn2)cc(C(=O)NCc2c(C)cc(C)[nH]c2=O)c1C)[C@H]1CC[C@H](C(C)C)CC1. The third-order valence-electron chi connectivity index (χ3n) is 8.18. The average Bonchev–Trinajstić information content (AvgIpc) is 2.90. The van der Waals surface area contributed by atoms with Crippen LogP contribution in [0.2, 0.25) is 0 Å². The Balaban J connectivity index is 1.68. The van der Waals surface area contributed by atoms with Crippen molar-refractivity contribution < 1.29 is 4.79 Å². The van der Waals surface area contributed by atoms with Gasteiger partial charge in [-0.3, -0.25) is 19.6 Å². The summed E-state index contributed by atoms with van der Waals surface area (Å²) >= 11 is 0. The predicted octanol–water partition coefficient (Wildman–Crippen LogP) is 5.73. The Kier molecular flexibility index (Phi) is 8.65. The van der Waals surface area contributed by atoms with Gasteiger partial charge in [-0.05, 0) is 94.5 Å². The molecule has 7 nitrogen and oxygen atoms in total. The zero-order valence-electron chi connectivity index (χ0n) is 23.6. The Hall–Kier alpha value is -3.48. The number of amides is 1. The van der Waals surface area contributed by atoms with E-state index in [2.05, 4.69) is 52.0 Å². The van der Waals surface area contributed by atoms with E-state index in [9.17, 15) is 9.59 Å². The molecule has 3 aromatic rings. The smallest absolute Gasteiger partial charge is 0.253 e. The van der Waals surface area contributed by atoms with Crippen molar-refractivity contribution in [3.63, 3.8) is 0 Å². The van der Waals surface area contributed by atoms with Crippen LogP contribution >= 0.6 is 0 Å². The van der Waals surface area contributed by atoms with E-state index >= 15 is 0 Å². The largest absolute Gasteiger partial charge is 0.369 e. The topological polar surface area (TPSA) is 91.0 Å². The Morgan fingerprint density at radius 3 is 2.45 bits per heavy atom. The molecule has 0 bridgehead atoms. The summed E-state index contributed by atoms with van der Waals surface area (Å²) < 4.78 is 0. The van der Waals surface area contributed by atoms with Gasteiger partial charge in [0.1, 0.15) is 0 Å². The number of anilines is 1. The van der Waals surface area contributed by atoms with Crippen molar-refractivity contribution in [3.8, 4) is 11.3 Å². The van der Waals surface area contributed by atoms with Crippen LogP contribution in [-0.4, -0.2) is 33.4 Å². The highest BCUT2D eigenvalue weighted by Gasteiger charge is 2.29. The molecule has 1 amide bonds. The van der Waals surface area contributed by atoms with E-state index in [4.69, 9.17) is 0 Å². The van der Waals surface area contributed by atoms with Gasteiger partial charge in [-0.1, -0.05) is 13.8 Å². The standard InChI is InChI=1S/C31H41N5O2/c1-7-36(25-10-8-23(9-11-25)19(2)3)29-16-24(28-18-32-12-13-33-28)15-26(22(29)6)30(37)34-17-27-20(4)14-21(5)35-31(27)38/h12-16,18-19,23,25H,7-11,17H2,1-6H3,(H,34,37)(H,35,38)/t23-,25-. The number of rotatable bonds is 8. The summed E-state index contributed by atoms with van der Waals surface area (Å²) in [4.78, 5) is 40.2. The monoisotopic (exact) mass is 515 g/mol. The molecular weight excluding hydrogens is 474 g/mol. The van der Waals surface area contributed by atoms with Gasteiger partial charge in [-0.15, -0.1) is 0 Å². The maximum absolute atomic E-state index is 13.6. The molecule has 2 heterocycles. The summed E-state index contributed by atoms with van der Waals surface area (Å²) in [5.41, 5.74) is 6.28. The zero-order valence-corrected chi connectivity index (χ0v) is 23.6. The molecule has 202 valence electrons. The van der Waals surface area contributed by atoms with Crippen LogP contribution < -0.4 is 15.8 Å². The molecule has 4 rings (SSSR count). The number of hydrogen-bond acceptors (Lipinski definition) is 5. The van der Waals surface area contributed by atoms with E-state index < -0.39 is 0 Å². The first-order valence-corrected chi connectivity index (χ1v) is 13.8. The normalized spacial score (nSPS) is 17.4. The fraction of sp³-hybridized carbons (Fsp3) is 0.484. The summed E-state index contributed by atoms with van der Waals surface area (Å²) in [6.45, 7) is 13.7. The van der Waals surface area contributed by atoms with E-state index in [1.165, 1.54) is 12.8 Å². The first-order valence-electron chi connectivity index (χ1n) is 13.8. The second-order valence-electron chi connectivity index (χ2n) is 11.0. The number of aromatic amines is 1. The Morgan fingerprint density at radius 2 is 1.84 bits per heavy atom. The van der Waals surface area contributed by atoms with Gasteiger partial charge in [-0.25, -0.2) is 0 Å². The van der Waals surface area contributed by atoms with Gasteiger partial charge >= 0.3 is 0 Å². The third kappa shape index (κ3) is 5.98. The van der Waals surface area contributed by atoms with Gasteiger partial charge in [0.15, 0.2) is 0 Å². The van der Waals surface area contributed by atoms with Crippen LogP contribution in [0.1, 0.15) is 79.2 Å². The maximum atomic E-state index is 13.6. The highest BCUT2D eigenvalue weighted by atomic mass is 16.1. The lowest BCUT2D eigenvalue weighted by atomic mass is 9.79. The molecule has 38 heavy (non-hydrogen) atoms. The van der Waals surface area contributed by atoms with Crippen LogP contribution in [0.5, 0.6) is 0 Å². The molecule has 7 heteroatoms. The second-order valence-corrected chi connectivity index (χ2v) is 11.0. The third-order valence-corrected chi connectivity index (χ3v) is 8.18. The lowest BCUT2D eigenvalue weighted by Gasteiger charge is -2.40. The highest BCUT2D eigenvalue weighted by molar-refractivity contribution is 5.98. The van der Waals surface area contributed by atoms with E-state index in [1.807, 2.05) is 32.9 Å².